The van der Waals surface area contributed by atoms with Crippen molar-refractivity contribution in [2.75, 3.05) is 6.54 Å². The van der Waals surface area contributed by atoms with Crippen LogP contribution in [0.25, 0.3) is 0 Å². The Morgan fingerprint density at radius 1 is 1.62 bits per heavy atom. The van der Waals surface area contributed by atoms with Crippen LogP contribution in [0.5, 0.6) is 0 Å². The van der Waals surface area contributed by atoms with Crippen LogP contribution in [0.1, 0.15) is 30.1 Å². The fraction of sp³-hybridized carbons (Fsp3) is 0.500. The number of hydrogen-bond acceptors (Lipinski definition) is 2. The van der Waals surface area contributed by atoms with E-state index >= 15 is 0 Å². The molecule has 0 bridgehead atoms. The number of hydrogen-bond donors (Lipinski definition) is 1. The van der Waals surface area contributed by atoms with E-state index < -0.39 is 0 Å². The average molecular weight is 390 g/mol. The smallest absolute Gasteiger partial charge is 0.253 e. The van der Waals surface area contributed by atoms with Crippen molar-refractivity contribution >= 4 is 60.7 Å². The Hall–Kier alpha value is 0.420. The van der Waals surface area contributed by atoms with E-state index in [1.165, 1.54) is 11.3 Å². The van der Waals surface area contributed by atoms with Crippen molar-refractivity contribution < 1.29 is 4.79 Å². The standard InChI is InChI=1S/C10H12Br2ClNOS/c1-2-6(13)3-4-14-10(15)7-5-8(11)16-9(7)12/h5-6H,2-4H2,1H3,(H,14,15). The third kappa shape index (κ3) is 4.35. The maximum atomic E-state index is 11.8. The van der Waals surface area contributed by atoms with Crippen molar-refractivity contribution in [3.8, 4) is 0 Å². The molecule has 0 saturated heterocycles. The largest absolute Gasteiger partial charge is 0.352 e. The normalized spacial score (nSPS) is 12.5. The number of halogens is 3. The minimum atomic E-state index is -0.0613. The molecule has 2 nitrogen and oxygen atoms in total. The van der Waals surface area contributed by atoms with Crippen LogP contribution in [-0.2, 0) is 0 Å². The number of carbonyl (C=O) groups excluding carboxylic acids is 1. The van der Waals surface area contributed by atoms with Crippen molar-refractivity contribution in [3.63, 3.8) is 0 Å². The molecule has 0 spiro atoms. The summed E-state index contributed by atoms with van der Waals surface area (Å²) in [5, 5.41) is 2.99. The van der Waals surface area contributed by atoms with Gasteiger partial charge in [0.05, 0.1) is 13.1 Å². The topological polar surface area (TPSA) is 29.1 Å². The number of thiophene rings is 1. The molecule has 1 aromatic heterocycles. The predicted molar refractivity (Wildman–Crippen MR) is 76.6 cm³/mol. The summed E-state index contributed by atoms with van der Waals surface area (Å²) in [5.41, 5.74) is 0.666. The molecule has 0 aliphatic heterocycles. The van der Waals surface area contributed by atoms with Crippen LogP contribution < -0.4 is 5.32 Å². The zero-order valence-corrected chi connectivity index (χ0v) is 13.5. The van der Waals surface area contributed by atoms with Gasteiger partial charge in [0.15, 0.2) is 0 Å². The highest BCUT2D eigenvalue weighted by Gasteiger charge is 2.13. The van der Waals surface area contributed by atoms with Crippen LogP contribution in [0.4, 0.5) is 0 Å². The molecule has 1 atom stereocenters. The Morgan fingerprint density at radius 2 is 2.31 bits per heavy atom. The van der Waals surface area contributed by atoms with E-state index in [1.807, 2.05) is 13.0 Å². The third-order valence-corrected chi connectivity index (χ3v) is 4.95. The van der Waals surface area contributed by atoms with Gasteiger partial charge in [0.25, 0.3) is 5.91 Å². The lowest BCUT2D eigenvalue weighted by Crippen LogP contribution is -2.25. The summed E-state index contributed by atoms with van der Waals surface area (Å²) < 4.78 is 1.78. The first kappa shape index (κ1) is 14.5. The van der Waals surface area contributed by atoms with Crippen molar-refractivity contribution in [1.29, 1.82) is 0 Å². The number of rotatable bonds is 5. The quantitative estimate of drug-likeness (QED) is 0.743. The maximum absolute atomic E-state index is 11.8. The van der Waals surface area contributed by atoms with Crippen LogP contribution >= 0.6 is 54.8 Å². The van der Waals surface area contributed by atoms with Gasteiger partial charge >= 0.3 is 0 Å². The summed E-state index contributed by atoms with van der Waals surface area (Å²) >= 11 is 14.1. The summed E-state index contributed by atoms with van der Waals surface area (Å²) in [6.07, 6.45) is 1.72. The molecule has 1 amide bonds. The van der Waals surface area contributed by atoms with E-state index in [1.54, 1.807) is 0 Å². The van der Waals surface area contributed by atoms with Crippen LogP contribution in [-0.4, -0.2) is 17.8 Å². The van der Waals surface area contributed by atoms with E-state index in [2.05, 4.69) is 37.2 Å². The van der Waals surface area contributed by atoms with Gasteiger partial charge in [-0.15, -0.1) is 22.9 Å². The number of alkyl halides is 1. The lowest BCUT2D eigenvalue weighted by atomic mass is 10.2. The highest BCUT2D eigenvalue weighted by atomic mass is 79.9. The van der Waals surface area contributed by atoms with E-state index in [0.717, 1.165) is 20.4 Å². The Labute approximate surface area is 121 Å². The molecule has 1 N–H and O–H groups in total. The minimum Gasteiger partial charge on any atom is -0.352 e. The molecular formula is C10H12Br2ClNOS. The van der Waals surface area contributed by atoms with E-state index in [4.69, 9.17) is 11.6 Å². The number of carbonyl (C=O) groups is 1. The van der Waals surface area contributed by atoms with Crippen molar-refractivity contribution in [1.82, 2.24) is 5.32 Å². The fourth-order valence-corrected chi connectivity index (χ4v) is 4.04. The van der Waals surface area contributed by atoms with Gasteiger partial charge in [0.1, 0.15) is 0 Å². The summed E-state index contributed by atoms with van der Waals surface area (Å²) in [7, 11) is 0. The van der Waals surface area contributed by atoms with E-state index in [-0.39, 0.29) is 11.3 Å². The second-order valence-electron chi connectivity index (χ2n) is 3.29. The lowest BCUT2D eigenvalue weighted by molar-refractivity contribution is 0.0953. The van der Waals surface area contributed by atoms with Gasteiger partial charge in [0.2, 0.25) is 0 Å². The highest BCUT2D eigenvalue weighted by molar-refractivity contribution is 9.12. The SMILES string of the molecule is CCC(Cl)CCNC(=O)c1cc(Br)sc1Br. The highest BCUT2D eigenvalue weighted by Crippen LogP contribution is 2.31. The molecular weight excluding hydrogens is 377 g/mol. The number of nitrogens with one attached hydrogen (secondary N) is 1. The minimum absolute atomic E-state index is 0.0613. The summed E-state index contributed by atoms with van der Waals surface area (Å²) in [6, 6.07) is 1.81. The molecule has 0 saturated carbocycles. The molecule has 1 heterocycles. The molecule has 1 aromatic rings. The Balaban J connectivity index is 2.44. The lowest BCUT2D eigenvalue weighted by Gasteiger charge is -2.07. The molecule has 1 rings (SSSR count). The molecule has 6 heteroatoms. The molecule has 1 unspecified atom stereocenters. The first-order valence-electron chi connectivity index (χ1n) is 4.91. The average Bonchev–Trinajstić information content (AvgIpc) is 2.57. The van der Waals surface area contributed by atoms with Crippen molar-refractivity contribution in [2.45, 2.75) is 25.1 Å². The maximum Gasteiger partial charge on any atom is 0.253 e. The van der Waals surface area contributed by atoms with Gasteiger partial charge in [-0.05, 0) is 50.8 Å². The van der Waals surface area contributed by atoms with Gasteiger partial charge in [-0.3, -0.25) is 4.79 Å². The molecule has 0 radical (unpaired) electrons. The second-order valence-corrected chi connectivity index (χ2v) is 7.65. The van der Waals surface area contributed by atoms with Gasteiger partial charge in [-0.25, -0.2) is 0 Å². The van der Waals surface area contributed by atoms with Crippen LogP contribution in [0.3, 0.4) is 0 Å². The molecule has 0 aromatic carbocycles. The van der Waals surface area contributed by atoms with Crippen molar-refractivity contribution in [2.24, 2.45) is 0 Å². The molecule has 0 aliphatic carbocycles. The van der Waals surface area contributed by atoms with Crippen molar-refractivity contribution in [3.05, 3.63) is 19.2 Å². The molecule has 90 valence electrons. The predicted octanol–water partition coefficient (Wildman–Crippen LogP) is 4.41. The van der Waals surface area contributed by atoms with Gasteiger partial charge in [0, 0.05) is 11.9 Å². The van der Waals surface area contributed by atoms with E-state index in [9.17, 15) is 4.79 Å². The van der Waals surface area contributed by atoms with E-state index in [0.29, 0.717) is 12.1 Å². The first-order valence-corrected chi connectivity index (χ1v) is 7.75. The van der Waals surface area contributed by atoms with Crippen LogP contribution in [0.15, 0.2) is 13.6 Å². The molecule has 0 aliphatic rings. The summed E-state index contributed by atoms with van der Waals surface area (Å²) in [5.74, 6) is -0.0613. The third-order valence-electron chi connectivity index (χ3n) is 2.09. The Kier molecular flexibility index (Phi) is 6.32. The van der Waals surface area contributed by atoms with Gasteiger partial charge in [-0.1, -0.05) is 6.92 Å². The zero-order valence-electron chi connectivity index (χ0n) is 8.73. The van der Waals surface area contributed by atoms with Crippen LogP contribution in [0.2, 0.25) is 0 Å². The molecule has 16 heavy (non-hydrogen) atoms. The Bertz CT molecular complexity index is 370. The number of amides is 1. The summed E-state index contributed by atoms with van der Waals surface area (Å²) in [4.78, 5) is 11.8. The van der Waals surface area contributed by atoms with Gasteiger partial charge < -0.3 is 5.32 Å². The van der Waals surface area contributed by atoms with Gasteiger partial charge in [-0.2, -0.15) is 0 Å². The zero-order chi connectivity index (χ0) is 12.1. The van der Waals surface area contributed by atoms with Crippen LogP contribution in [0, 0.1) is 0 Å². The molecule has 0 fully saturated rings. The fourth-order valence-electron chi connectivity index (χ4n) is 1.14. The monoisotopic (exact) mass is 387 g/mol. The first-order chi connectivity index (χ1) is 7.54. The second kappa shape index (κ2) is 6.99. The summed E-state index contributed by atoms with van der Waals surface area (Å²) in [6.45, 7) is 2.65. The Morgan fingerprint density at radius 3 is 2.81 bits per heavy atom.